The third kappa shape index (κ3) is 3.26. The van der Waals surface area contributed by atoms with E-state index >= 15 is 0 Å². The Bertz CT molecular complexity index is 1080. The first-order valence-corrected chi connectivity index (χ1v) is 10.7. The summed E-state index contributed by atoms with van der Waals surface area (Å²) in [4.78, 5) is 16.4. The molecule has 1 atom stereocenters. The van der Waals surface area contributed by atoms with Crippen LogP contribution in [0.25, 0.3) is 22.3 Å². The van der Waals surface area contributed by atoms with E-state index in [0.29, 0.717) is 17.2 Å². The van der Waals surface area contributed by atoms with Gasteiger partial charge < -0.3 is 19.3 Å². The van der Waals surface area contributed by atoms with E-state index in [-0.39, 0.29) is 6.61 Å². The zero-order valence-electron chi connectivity index (χ0n) is 17.9. The molecule has 0 amide bonds. The molecule has 2 saturated heterocycles. The molecule has 158 valence electrons. The van der Waals surface area contributed by atoms with E-state index in [0.717, 1.165) is 72.8 Å². The number of hydrogen-bond donors (Lipinski definition) is 1. The molecule has 1 spiro atoms. The van der Waals surface area contributed by atoms with Crippen LogP contribution >= 0.6 is 0 Å². The highest BCUT2D eigenvalue weighted by Crippen LogP contribution is 2.42. The van der Waals surface area contributed by atoms with E-state index in [1.54, 1.807) is 0 Å². The lowest BCUT2D eigenvalue weighted by molar-refractivity contribution is 0.0975. The Hall–Kier alpha value is -2.51. The molecule has 2 aliphatic heterocycles. The van der Waals surface area contributed by atoms with Gasteiger partial charge in [0.05, 0.1) is 48.1 Å². The van der Waals surface area contributed by atoms with Crippen LogP contribution in [0.1, 0.15) is 37.6 Å². The Morgan fingerprint density at radius 1 is 1.23 bits per heavy atom. The standard InChI is InChI=1S/C23H29N5O2/c1-15-11-23(13-30-15)6-8-28(9-7-23)22-19(12-29)26-21(16(2)25-22)17-4-5-18-20(10-17)27(3)14-24-18/h4-5,10,14-15,29H,6-9,11-13H2,1-3H3/t15-/m0/s1. The third-order valence-electron chi connectivity index (χ3n) is 6.79. The van der Waals surface area contributed by atoms with Crippen LogP contribution in [-0.4, -0.2) is 50.4 Å². The maximum atomic E-state index is 10.1. The number of aliphatic hydroxyl groups excluding tert-OH is 1. The Morgan fingerprint density at radius 3 is 2.73 bits per heavy atom. The Balaban J connectivity index is 1.45. The number of fused-ring (bicyclic) bond motifs is 1. The Morgan fingerprint density at radius 2 is 2.03 bits per heavy atom. The van der Waals surface area contributed by atoms with Crippen molar-refractivity contribution in [3.8, 4) is 11.3 Å². The molecule has 0 unspecified atom stereocenters. The molecule has 5 rings (SSSR count). The quantitative estimate of drug-likeness (QED) is 0.718. The highest BCUT2D eigenvalue weighted by atomic mass is 16.5. The van der Waals surface area contributed by atoms with E-state index in [9.17, 15) is 5.11 Å². The summed E-state index contributed by atoms with van der Waals surface area (Å²) in [6.07, 6.45) is 5.52. The average Bonchev–Trinajstić information content (AvgIpc) is 3.31. The fraction of sp³-hybridized carbons (Fsp3) is 0.522. The first kappa shape index (κ1) is 19.5. The van der Waals surface area contributed by atoms with Crippen molar-refractivity contribution in [1.29, 1.82) is 0 Å². The van der Waals surface area contributed by atoms with Gasteiger partial charge in [-0.25, -0.2) is 15.0 Å². The van der Waals surface area contributed by atoms with Gasteiger partial charge in [0.1, 0.15) is 5.69 Å². The lowest BCUT2D eigenvalue weighted by atomic mass is 9.77. The minimum Gasteiger partial charge on any atom is -0.390 e. The molecule has 0 radical (unpaired) electrons. The highest BCUT2D eigenvalue weighted by Gasteiger charge is 2.41. The summed E-state index contributed by atoms with van der Waals surface area (Å²) in [6, 6.07) is 6.12. The molecule has 0 bridgehead atoms. The van der Waals surface area contributed by atoms with Crippen LogP contribution in [-0.2, 0) is 18.4 Å². The molecule has 2 aliphatic rings. The molecule has 2 fully saturated rings. The van der Waals surface area contributed by atoms with Gasteiger partial charge >= 0.3 is 0 Å². The second-order valence-electron chi connectivity index (χ2n) is 8.96. The zero-order chi connectivity index (χ0) is 20.9. The van der Waals surface area contributed by atoms with Crippen LogP contribution in [0.15, 0.2) is 24.5 Å². The number of benzene rings is 1. The SMILES string of the molecule is Cc1nc(N2CCC3(CC2)CO[C@@H](C)C3)c(CO)nc1-c1ccc2ncn(C)c2c1. The van der Waals surface area contributed by atoms with Crippen molar-refractivity contribution >= 4 is 16.9 Å². The maximum Gasteiger partial charge on any atom is 0.153 e. The summed E-state index contributed by atoms with van der Waals surface area (Å²) < 4.78 is 7.86. The molecule has 7 heteroatoms. The van der Waals surface area contributed by atoms with Crippen molar-refractivity contribution in [1.82, 2.24) is 19.5 Å². The second kappa shape index (κ2) is 7.32. The van der Waals surface area contributed by atoms with Crippen molar-refractivity contribution in [3.05, 3.63) is 35.9 Å². The number of anilines is 1. The predicted octanol–water partition coefficient (Wildman–Crippen LogP) is 3.23. The van der Waals surface area contributed by atoms with Crippen LogP contribution in [0.4, 0.5) is 5.82 Å². The number of ether oxygens (including phenoxy) is 1. The van der Waals surface area contributed by atoms with Gasteiger partial charge in [0, 0.05) is 25.7 Å². The number of hydrogen-bond acceptors (Lipinski definition) is 6. The van der Waals surface area contributed by atoms with Gasteiger partial charge in [-0.3, -0.25) is 0 Å². The minimum atomic E-state index is -0.120. The smallest absolute Gasteiger partial charge is 0.153 e. The van der Waals surface area contributed by atoms with Crippen molar-refractivity contribution in [2.45, 2.75) is 45.8 Å². The number of aromatic nitrogens is 4. The van der Waals surface area contributed by atoms with Crippen molar-refractivity contribution in [2.75, 3.05) is 24.6 Å². The van der Waals surface area contributed by atoms with Crippen LogP contribution in [0.5, 0.6) is 0 Å². The summed E-state index contributed by atoms with van der Waals surface area (Å²) in [7, 11) is 1.99. The van der Waals surface area contributed by atoms with Crippen LogP contribution in [0.2, 0.25) is 0 Å². The second-order valence-corrected chi connectivity index (χ2v) is 8.96. The first-order chi connectivity index (χ1) is 14.5. The normalized spacial score (nSPS) is 21.1. The number of aryl methyl sites for hydroxylation is 2. The molecule has 4 heterocycles. The lowest BCUT2D eigenvalue weighted by Crippen LogP contribution is -2.41. The van der Waals surface area contributed by atoms with Gasteiger partial charge in [-0.2, -0.15) is 0 Å². The lowest BCUT2D eigenvalue weighted by Gasteiger charge is -2.39. The van der Waals surface area contributed by atoms with Gasteiger partial charge in [0.2, 0.25) is 0 Å². The van der Waals surface area contributed by atoms with Gasteiger partial charge in [-0.15, -0.1) is 0 Å². The van der Waals surface area contributed by atoms with Crippen LogP contribution < -0.4 is 4.90 Å². The monoisotopic (exact) mass is 407 g/mol. The van der Waals surface area contributed by atoms with E-state index < -0.39 is 0 Å². The minimum absolute atomic E-state index is 0.120. The summed E-state index contributed by atoms with van der Waals surface area (Å²) in [5.74, 6) is 0.821. The van der Waals surface area contributed by atoms with Gasteiger partial charge in [-0.1, -0.05) is 6.07 Å². The topological polar surface area (TPSA) is 76.3 Å². The van der Waals surface area contributed by atoms with Crippen molar-refractivity contribution in [2.24, 2.45) is 12.5 Å². The summed E-state index contributed by atoms with van der Waals surface area (Å²) in [5.41, 5.74) is 5.66. The average molecular weight is 408 g/mol. The van der Waals surface area contributed by atoms with E-state index in [2.05, 4.69) is 22.9 Å². The molecular weight excluding hydrogens is 378 g/mol. The van der Waals surface area contributed by atoms with Crippen LogP contribution in [0.3, 0.4) is 0 Å². The van der Waals surface area contributed by atoms with Gasteiger partial charge in [-0.05, 0) is 50.7 Å². The third-order valence-corrected chi connectivity index (χ3v) is 6.79. The molecule has 30 heavy (non-hydrogen) atoms. The predicted molar refractivity (Wildman–Crippen MR) is 116 cm³/mol. The number of rotatable bonds is 3. The van der Waals surface area contributed by atoms with Gasteiger partial charge in [0.15, 0.2) is 5.82 Å². The van der Waals surface area contributed by atoms with E-state index in [1.165, 1.54) is 0 Å². The fourth-order valence-electron chi connectivity index (χ4n) is 5.04. The maximum absolute atomic E-state index is 10.1. The molecule has 7 nitrogen and oxygen atoms in total. The molecule has 3 aromatic rings. The molecule has 0 saturated carbocycles. The number of nitrogens with zero attached hydrogens (tertiary/aromatic N) is 5. The number of aliphatic hydroxyl groups is 1. The fourth-order valence-corrected chi connectivity index (χ4v) is 5.04. The van der Waals surface area contributed by atoms with Crippen LogP contribution in [0, 0.1) is 12.3 Å². The largest absolute Gasteiger partial charge is 0.390 e. The highest BCUT2D eigenvalue weighted by molar-refractivity contribution is 5.81. The molecule has 0 aliphatic carbocycles. The van der Waals surface area contributed by atoms with E-state index in [4.69, 9.17) is 14.7 Å². The summed E-state index contributed by atoms with van der Waals surface area (Å²) >= 11 is 0. The number of imidazole rings is 1. The number of piperidine rings is 1. The molecule has 2 aromatic heterocycles. The van der Waals surface area contributed by atoms with Gasteiger partial charge in [0.25, 0.3) is 0 Å². The summed E-state index contributed by atoms with van der Waals surface area (Å²) in [5, 5.41) is 10.1. The molecular formula is C23H29N5O2. The van der Waals surface area contributed by atoms with Crippen molar-refractivity contribution < 1.29 is 9.84 Å². The molecule has 1 N–H and O–H groups in total. The Kier molecular flexibility index (Phi) is 4.75. The Labute approximate surface area is 176 Å². The van der Waals surface area contributed by atoms with Crippen molar-refractivity contribution in [3.63, 3.8) is 0 Å². The summed E-state index contributed by atoms with van der Waals surface area (Å²) in [6.45, 7) is 6.77. The first-order valence-electron chi connectivity index (χ1n) is 10.7. The molecule has 1 aromatic carbocycles. The zero-order valence-corrected chi connectivity index (χ0v) is 17.9. The van der Waals surface area contributed by atoms with E-state index in [1.807, 2.05) is 37.0 Å².